The fraction of sp³-hybridized carbons (Fsp3) is 0.333. The number of amides is 2. The zero-order valence-electron chi connectivity index (χ0n) is 10.0. The number of benzene rings is 1. The van der Waals surface area contributed by atoms with Gasteiger partial charge in [-0.1, -0.05) is 12.1 Å². The molecule has 0 fully saturated rings. The van der Waals surface area contributed by atoms with E-state index in [9.17, 15) is 14.7 Å². The predicted molar refractivity (Wildman–Crippen MR) is 64.6 cm³/mol. The van der Waals surface area contributed by atoms with E-state index in [1.54, 1.807) is 12.1 Å². The van der Waals surface area contributed by atoms with Crippen LogP contribution in [0.3, 0.4) is 0 Å². The number of rotatable bonds is 5. The van der Waals surface area contributed by atoms with Crippen molar-refractivity contribution in [2.75, 3.05) is 6.61 Å². The number of hydrogen-bond donors (Lipinski definition) is 4. The first kappa shape index (κ1) is 14.0. The highest BCUT2D eigenvalue weighted by Crippen LogP contribution is 2.10. The van der Waals surface area contributed by atoms with Crippen molar-refractivity contribution in [3.8, 4) is 5.75 Å². The summed E-state index contributed by atoms with van der Waals surface area (Å²) in [6.45, 7) is 1.01. The first-order valence-corrected chi connectivity index (χ1v) is 5.46. The molecular formula is C12H16N2O4. The molecule has 0 bridgehead atoms. The molecule has 1 aromatic rings. The minimum atomic E-state index is -0.959. The van der Waals surface area contributed by atoms with Gasteiger partial charge in [0.1, 0.15) is 11.8 Å². The van der Waals surface area contributed by atoms with E-state index in [2.05, 4.69) is 10.6 Å². The molecule has 6 heteroatoms. The van der Waals surface area contributed by atoms with Crippen molar-refractivity contribution >= 4 is 11.8 Å². The third kappa shape index (κ3) is 4.42. The van der Waals surface area contributed by atoms with E-state index < -0.39 is 18.6 Å². The SMILES string of the molecule is CC(=O)N[C@H](CO)C(=O)NCc1cccc(O)c1. The molecule has 0 aromatic heterocycles. The number of carbonyl (C=O) groups excluding carboxylic acids is 2. The second-order valence-corrected chi connectivity index (χ2v) is 3.82. The van der Waals surface area contributed by atoms with E-state index >= 15 is 0 Å². The lowest BCUT2D eigenvalue weighted by Gasteiger charge is -2.15. The van der Waals surface area contributed by atoms with E-state index in [1.165, 1.54) is 19.1 Å². The fourth-order valence-electron chi connectivity index (χ4n) is 1.42. The quantitative estimate of drug-likeness (QED) is 0.568. The van der Waals surface area contributed by atoms with Gasteiger partial charge in [-0.2, -0.15) is 0 Å². The van der Waals surface area contributed by atoms with Gasteiger partial charge >= 0.3 is 0 Å². The molecule has 98 valence electrons. The number of hydrogen-bond acceptors (Lipinski definition) is 4. The van der Waals surface area contributed by atoms with E-state index in [1.807, 2.05) is 0 Å². The molecule has 0 saturated carbocycles. The van der Waals surface area contributed by atoms with Crippen molar-refractivity contribution in [2.24, 2.45) is 0 Å². The molecule has 18 heavy (non-hydrogen) atoms. The van der Waals surface area contributed by atoms with Crippen LogP contribution in [0.15, 0.2) is 24.3 Å². The number of nitrogens with one attached hydrogen (secondary N) is 2. The number of carbonyl (C=O) groups is 2. The van der Waals surface area contributed by atoms with Gasteiger partial charge in [0.15, 0.2) is 0 Å². The smallest absolute Gasteiger partial charge is 0.245 e. The van der Waals surface area contributed by atoms with E-state index in [-0.39, 0.29) is 18.2 Å². The Labute approximate surface area is 105 Å². The third-order valence-electron chi connectivity index (χ3n) is 2.25. The lowest BCUT2D eigenvalue weighted by molar-refractivity contribution is -0.129. The van der Waals surface area contributed by atoms with Crippen LogP contribution in [0.4, 0.5) is 0 Å². The summed E-state index contributed by atoms with van der Waals surface area (Å²) in [6.07, 6.45) is 0. The number of phenolic OH excluding ortho intramolecular Hbond substituents is 1. The van der Waals surface area contributed by atoms with Gasteiger partial charge in [0.25, 0.3) is 0 Å². The summed E-state index contributed by atoms with van der Waals surface area (Å²) in [6, 6.07) is 5.49. The standard InChI is InChI=1S/C12H16N2O4/c1-8(16)14-11(7-15)12(18)13-6-9-3-2-4-10(17)5-9/h2-5,11,15,17H,6-7H2,1H3,(H,13,18)(H,14,16)/t11-/m1/s1. The molecule has 2 amide bonds. The van der Waals surface area contributed by atoms with Gasteiger partial charge in [-0.3, -0.25) is 9.59 Å². The first-order valence-electron chi connectivity index (χ1n) is 5.46. The lowest BCUT2D eigenvalue weighted by Crippen LogP contribution is -2.48. The van der Waals surface area contributed by atoms with Crippen LogP contribution in [0.5, 0.6) is 5.75 Å². The highest BCUT2D eigenvalue weighted by Gasteiger charge is 2.17. The van der Waals surface area contributed by atoms with Crippen molar-refractivity contribution in [3.05, 3.63) is 29.8 Å². The van der Waals surface area contributed by atoms with Gasteiger partial charge in [0.2, 0.25) is 11.8 Å². The monoisotopic (exact) mass is 252 g/mol. The van der Waals surface area contributed by atoms with Crippen LogP contribution >= 0.6 is 0 Å². The Balaban J connectivity index is 2.51. The summed E-state index contributed by atoms with van der Waals surface area (Å²) in [5.74, 6) is -0.750. The Morgan fingerprint density at radius 2 is 2.11 bits per heavy atom. The molecule has 4 N–H and O–H groups in total. The van der Waals surface area contributed by atoms with Crippen molar-refractivity contribution in [1.29, 1.82) is 0 Å². The molecule has 6 nitrogen and oxygen atoms in total. The molecule has 0 heterocycles. The minimum absolute atomic E-state index is 0.113. The molecule has 0 spiro atoms. The number of aliphatic hydroxyl groups is 1. The molecule has 0 aliphatic carbocycles. The molecule has 0 aliphatic heterocycles. The molecule has 1 rings (SSSR count). The van der Waals surface area contributed by atoms with Crippen molar-refractivity contribution in [2.45, 2.75) is 19.5 Å². The van der Waals surface area contributed by atoms with Gasteiger partial charge in [-0.15, -0.1) is 0 Å². The number of aliphatic hydroxyl groups excluding tert-OH is 1. The van der Waals surface area contributed by atoms with Crippen LogP contribution < -0.4 is 10.6 Å². The van der Waals surface area contributed by atoms with Crippen molar-refractivity contribution in [3.63, 3.8) is 0 Å². The van der Waals surface area contributed by atoms with Gasteiger partial charge in [-0.25, -0.2) is 0 Å². The summed E-state index contributed by atoms with van der Waals surface area (Å²) in [5, 5.41) is 23.1. The summed E-state index contributed by atoms with van der Waals surface area (Å²) >= 11 is 0. The second-order valence-electron chi connectivity index (χ2n) is 3.82. The molecule has 1 atom stereocenters. The molecule has 1 aromatic carbocycles. The van der Waals surface area contributed by atoms with Crippen LogP contribution in [0.25, 0.3) is 0 Å². The molecular weight excluding hydrogens is 236 g/mol. The Morgan fingerprint density at radius 3 is 2.67 bits per heavy atom. The van der Waals surface area contributed by atoms with Crippen LogP contribution in [0.1, 0.15) is 12.5 Å². The largest absolute Gasteiger partial charge is 0.508 e. The molecule has 0 unspecified atom stereocenters. The highest BCUT2D eigenvalue weighted by atomic mass is 16.3. The van der Waals surface area contributed by atoms with Gasteiger partial charge in [0, 0.05) is 13.5 Å². The van der Waals surface area contributed by atoms with Gasteiger partial charge < -0.3 is 20.8 Å². The Kier molecular flexibility index (Phi) is 5.13. The Hall–Kier alpha value is -2.08. The lowest BCUT2D eigenvalue weighted by atomic mass is 10.2. The number of aromatic hydroxyl groups is 1. The normalized spacial score (nSPS) is 11.7. The molecule has 0 aliphatic rings. The van der Waals surface area contributed by atoms with Crippen LogP contribution in [-0.4, -0.2) is 34.7 Å². The maximum Gasteiger partial charge on any atom is 0.245 e. The zero-order valence-corrected chi connectivity index (χ0v) is 10.0. The Morgan fingerprint density at radius 1 is 1.39 bits per heavy atom. The fourth-order valence-corrected chi connectivity index (χ4v) is 1.42. The average molecular weight is 252 g/mol. The first-order chi connectivity index (χ1) is 8.52. The van der Waals surface area contributed by atoms with E-state index in [0.717, 1.165) is 5.56 Å². The summed E-state index contributed by atoms with van der Waals surface area (Å²) in [4.78, 5) is 22.4. The summed E-state index contributed by atoms with van der Waals surface area (Å²) in [5.41, 5.74) is 0.725. The van der Waals surface area contributed by atoms with E-state index in [0.29, 0.717) is 0 Å². The topological polar surface area (TPSA) is 98.7 Å². The van der Waals surface area contributed by atoms with Gasteiger partial charge in [0.05, 0.1) is 6.61 Å². The van der Waals surface area contributed by atoms with E-state index in [4.69, 9.17) is 5.11 Å². The predicted octanol–water partition coefficient (Wildman–Crippen LogP) is -0.495. The van der Waals surface area contributed by atoms with Crippen LogP contribution in [0, 0.1) is 0 Å². The molecule has 0 saturated heterocycles. The number of phenols is 1. The highest BCUT2D eigenvalue weighted by molar-refractivity contribution is 5.86. The van der Waals surface area contributed by atoms with Gasteiger partial charge in [-0.05, 0) is 17.7 Å². The second kappa shape index (κ2) is 6.61. The zero-order chi connectivity index (χ0) is 13.5. The average Bonchev–Trinajstić information content (AvgIpc) is 2.33. The Bertz CT molecular complexity index is 434. The maximum atomic E-state index is 11.6. The maximum absolute atomic E-state index is 11.6. The van der Waals surface area contributed by atoms with Crippen molar-refractivity contribution in [1.82, 2.24) is 10.6 Å². The summed E-state index contributed by atoms with van der Waals surface area (Å²) in [7, 11) is 0. The van der Waals surface area contributed by atoms with Crippen LogP contribution in [-0.2, 0) is 16.1 Å². The summed E-state index contributed by atoms with van der Waals surface area (Å²) < 4.78 is 0. The third-order valence-corrected chi connectivity index (χ3v) is 2.25. The molecule has 0 radical (unpaired) electrons. The van der Waals surface area contributed by atoms with Crippen molar-refractivity contribution < 1.29 is 19.8 Å². The van der Waals surface area contributed by atoms with Crippen LogP contribution in [0.2, 0.25) is 0 Å². The minimum Gasteiger partial charge on any atom is -0.508 e.